The highest BCUT2D eigenvalue weighted by Gasteiger charge is 2.37. The molecule has 2 rings (SSSR count). The molecular weight excluding hydrogens is 262 g/mol. The number of rotatable bonds is 2. The molecule has 2 atom stereocenters. The van der Waals surface area contributed by atoms with Crippen LogP contribution in [0.2, 0.25) is 0 Å². The van der Waals surface area contributed by atoms with Crippen LogP contribution in [0.5, 0.6) is 0 Å². The predicted octanol–water partition coefficient (Wildman–Crippen LogP) is 0.570. The fourth-order valence-electron chi connectivity index (χ4n) is 3.25. The molecule has 1 saturated heterocycles. The molecule has 2 fully saturated rings. The Morgan fingerprint density at radius 3 is 2.63 bits per heavy atom. The van der Waals surface area contributed by atoms with Crippen LogP contribution < -0.4 is 11.1 Å². The van der Waals surface area contributed by atoms with Crippen molar-refractivity contribution in [1.29, 1.82) is 0 Å². The highest BCUT2D eigenvalue weighted by Crippen LogP contribution is 2.35. The molecule has 0 unspecified atom stereocenters. The normalized spacial score (nSPS) is 26.4. The van der Waals surface area contributed by atoms with Crippen LogP contribution in [0.1, 0.15) is 38.5 Å². The molecule has 1 aliphatic carbocycles. The average molecular weight is 283 g/mol. The summed E-state index contributed by atoms with van der Waals surface area (Å²) < 4.78 is 0. The predicted molar refractivity (Wildman–Crippen MR) is 76.5 cm³/mol. The zero-order valence-electron chi connectivity index (χ0n) is 11.1. The van der Waals surface area contributed by atoms with Crippen molar-refractivity contribution in [3.8, 4) is 0 Å². The van der Waals surface area contributed by atoms with E-state index in [1.807, 2.05) is 0 Å². The van der Waals surface area contributed by atoms with Gasteiger partial charge in [0.1, 0.15) is 0 Å². The molecule has 1 saturated carbocycles. The summed E-state index contributed by atoms with van der Waals surface area (Å²) in [5.74, 6) is -0.429. The van der Waals surface area contributed by atoms with Crippen molar-refractivity contribution in [2.45, 2.75) is 44.6 Å². The van der Waals surface area contributed by atoms with Crippen LogP contribution in [-0.2, 0) is 9.59 Å². The number of hydrogen-bond acceptors (Lipinski definition) is 3. The number of carbonyl (C=O) groups excluding carboxylic acids is 2. The maximum Gasteiger partial charge on any atom is 0.312 e. The summed E-state index contributed by atoms with van der Waals surface area (Å²) in [6.07, 6.45) is 6.79. The summed E-state index contributed by atoms with van der Waals surface area (Å²) in [7, 11) is 0. The third-order valence-corrected chi connectivity index (χ3v) is 4.27. The van der Waals surface area contributed by atoms with Crippen LogP contribution in [0.25, 0.3) is 0 Å². The fraction of sp³-hybridized carbons (Fsp3) is 0.769. The molecule has 1 aliphatic heterocycles. The maximum absolute atomic E-state index is 12.2. The van der Waals surface area contributed by atoms with Crippen molar-refractivity contribution in [3.05, 3.63) is 0 Å². The summed E-state index contributed by atoms with van der Waals surface area (Å²) in [4.78, 5) is 26.0. The largest absolute Gasteiger partial charge is 0.392 e. The lowest BCUT2D eigenvalue weighted by Crippen LogP contribution is -2.54. The Morgan fingerprint density at radius 1 is 1.21 bits per heavy atom. The number of fused-ring (bicyclic) bond motifs is 1. The number of hydrogen-bond donors (Lipinski definition) is 2. The minimum Gasteiger partial charge on any atom is -0.392 e. The van der Waals surface area contributed by atoms with Gasteiger partial charge in [0.25, 0.3) is 0 Å². The third-order valence-electron chi connectivity index (χ3n) is 4.12. The minimum absolute atomic E-state index is 0.0852. The monoisotopic (exact) mass is 283 g/mol. The second-order valence-electron chi connectivity index (χ2n) is 5.40. The number of amides is 2. The van der Waals surface area contributed by atoms with E-state index in [2.05, 4.69) is 17.5 Å². The quantitative estimate of drug-likeness (QED) is 0.574. The van der Waals surface area contributed by atoms with Crippen molar-refractivity contribution >= 4 is 29.0 Å². The van der Waals surface area contributed by atoms with E-state index in [0.717, 1.165) is 19.3 Å². The van der Waals surface area contributed by atoms with E-state index in [1.165, 1.54) is 19.3 Å². The first-order chi connectivity index (χ1) is 9.09. The number of carbonyl (C=O) groups is 2. The van der Waals surface area contributed by atoms with Gasteiger partial charge in [0.05, 0.1) is 11.5 Å². The molecule has 1 heterocycles. The molecule has 6 heteroatoms. The number of nitrogens with zero attached hydrogens (tertiary/aromatic N) is 1. The van der Waals surface area contributed by atoms with Crippen LogP contribution in [0.3, 0.4) is 0 Å². The highest BCUT2D eigenvalue weighted by molar-refractivity contribution is 7.80. The average Bonchev–Trinajstić information content (AvgIpc) is 2.43. The van der Waals surface area contributed by atoms with E-state index in [0.29, 0.717) is 12.5 Å². The first-order valence-corrected chi connectivity index (χ1v) is 7.37. The second-order valence-corrected chi connectivity index (χ2v) is 5.93. The van der Waals surface area contributed by atoms with E-state index < -0.39 is 11.8 Å². The van der Waals surface area contributed by atoms with E-state index in [9.17, 15) is 9.59 Å². The Morgan fingerprint density at radius 2 is 1.89 bits per heavy atom. The highest BCUT2D eigenvalue weighted by atomic mass is 32.1. The number of piperidine rings is 1. The van der Waals surface area contributed by atoms with Gasteiger partial charge in [-0.05, 0) is 31.6 Å². The van der Waals surface area contributed by atoms with Gasteiger partial charge in [-0.25, -0.2) is 0 Å². The lowest BCUT2D eigenvalue weighted by molar-refractivity contribution is -0.150. The molecule has 3 N–H and O–H groups in total. The van der Waals surface area contributed by atoms with Gasteiger partial charge in [-0.2, -0.15) is 0 Å². The van der Waals surface area contributed by atoms with E-state index >= 15 is 0 Å². The molecule has 5 nitrogen and oxygen atoms in total. The SMILES string of the molecule is NC(=S)CNC(=O)C(=O)N1CCC[C@H]2CCCC[C@H]21. The van der Waals surface area contributed by atoms with Crippen LogP contribution >= 0.6 is 12.2 Å². The van der Waals surface area contributed by atoms with Crippen LogP contribution in [0.15, 0.2) is 0 Å². The summed E-state index contributed by atoms with van der Waals surface area (Å²) >= 11 is 4.69. The Labute approximate surface area is 118 Å². The van der Waals surface area contributed by atoms with Crippen molar-refractivity contribution in [2.24, 2.45) is 11.7 Å². The topological polar surface area (TPSA) is 75.4 Å². The van der Waals surface area contributed by atoms with Gasteiger partial charge in [0.15, 0.2) is 0 Å². The molecule has 0 radical (unpaired) electrons. The van der Waals surface area contributed by atoms with E-state index in [4.69, 9.17) is 5.73 Å². The van der Waals surface area contributed by atoms with Crippen molar-refractivity contribution in [2.75, 3.05) is 13.1 Å². The molecule has 0 aromatic rings. The molecule has 19 heavy (non-hydrogen) atoms. The van der Waals surface area contributed by atoms with Gasteiger partial charge in [0, 0.05) is 12.6 Å². The first kappa shape index (κ1) is 14.2. The van der Waals surface area contributed by atoms with Crippen molar-refractivity contribution < 1.29 is 9.59 Å². The van der Waals surface area contributed by atoms with Crippen LogP contribution in [0.4, 0.5) is 0 Å². The van der Waals surface area contributed by atoms with E-state index in [-0.39, 0.29) is 17.6 Å². The van der Waals surface area contributed by atoms with Crippen molar-refractivity contribution in [1.82, 2.24) is 10.2 Å². The van der Waals surface area contributed by atoms with Crippen molar-refractivity contribution in [3.63, 3.8) is 0 Å². The minimum atomic E-state index is -0.584. The molecule has 0 spiro atoms. The lowest BCUT2D eigenvalue weighted by atomic mass is 9.78. The van der Waals surface area contributed by atoms with Gasteiger partial charge < -0.3 is 16.0 Å². The standard InChI is InChI=1S/C13H21N3O2S/c14-11(19)8-15-12(17)13(18)16-7-3-5-9-4-1-2-6-10(9)16/h9-10H,1-8H2,(H2,14,19)(H,15,17)/t9-,10-/m1/s1. The van der Waals surface area contributed by atoms with Crippen LogP contribution in [-0.4, -0.2) is 40.8 Å². The van der Waals surface area contributed by atoms with Gasteiger partial charge in [-0.1, -0.05) is 25.1 Å². The van der Waals surface area contributed by atoms with E-state index in [1.54, 1.807) is 4.90 Å². The fourth-order valence-corrected chi connectivity index (χ4v) is 3.32. The third kappa shape index (κ3) is 3.43. The number of nitrogens with two attached hydrogens (primary N) is 1. The second kappa shape index (κ2) is 6.32. The maximum atomic E-state index is 12.2. The molecule has 2 amide bonds. The summed E-state index contributed by atoms with van der Waals surface area (Å²) in [6.45, 7) is 0.780. The number of likely N-dealkylation sites (tertiary alicyclic amines) is 1. The van der Waals surface area contributed by atoms with Gasteiger partial charge in [-0.15, -0.1) is 0 Å². The molecular formula is C13H21N3O2S. The molecule has 0 bridgehead atoms. The number of nitrogens with one attached hydrogen (secondary N) is 1. The lowest BCUT2D eigenvalue weighted by Gasteiger charge is -2.43. The Balaban J connectivity index is 1.96. The first-order valence-electron chi connectivity index (χ1n) is 6.96. The zero-order chi connectivity index (χ0) is 13.8. The van der Waals surface area contributed by atoms with Crippen LogP contribution in [0, 0.1) is 5.92 Å². The molecule has 106 valence electrons. The summed E-state index contributed by atoms with van der Waals surface area (Å²) in [5.41, 5.74) is 5.32. The molecule has 2 aliphatic rings. The van der Waals surface area contributed by atoms with Gasteiger partial charge >= 0.3 is 11.8 Å². The number of thiocarbonyl (C=S) groups is 1. The molecule has 0 aromatic carbocycles. The van der Waals surface area contributed by atoms with Gasteiger partial charge in [-0.3, -0.25) is 9.59 Å². The smallest absolute Gasteiger partial charge is 0.312 e. The zero-order valence-corrected chi connectivity index (χ0v) is 11.9. The Hall–Kier alpha value is -1.17. The molecule has 0 aromatic heterocycles. The summed E-state index contributed by atoms with van der Waals surface area (Å²) in [5, 5.41) is 2.48. The summed E-state index contributed by atoms with van der Waals surface area (Å²) in [6, 6.07) is 0.255. The Kier molecular flexibility index (Phi) is 4.74. The van der Waals surface area contributed by atoms with Gasteiger partial charge in [0.2, 0.25) is 0 Å². The Bertz CT molecular complexity index is 384.